The Kier molecular flexibility index (Phi) is 4.04. The highest BCUT2D eigenvalue weighted by Crippen LogP contribution is 2.28. The number of rotatable bonds is 4. The zero-order chi connectivity index (χ0) is 15.7. The van der Waals surface area contributed by atoms with E-state index in [0.717, 1.165) is 0 Å². The lowest BCUT2D eigenvalue weighted by molar-refractivity contribution is 0.281. The van der Waals surface area contributed by atoms with Gasteiger partial charge in [-0.1, -0.05) is 11.6 Å². The van der Waals surface area contributed by atoms with Crippen molar-refractivity contribution >= 4 is 22.6 Å². The number of benzene rings is 1. The van der Waals surface area contributed by atoms with Gasteiger partial charge in [0.1, 0.15) is 18.3 Å². The molecule has 2 heterocycles. The summed E-state index contributed by atoms with van der Waals surface area (Å²) in [6.45, 7) is -0.692. The van der Waals surface area contributed by atoms with Gasteiger partial charge in [0.15, 0.2) is 0 Å². The molecular formula is C15H12ClF2N3O. The van der Waals surface area contributed by atoms with Crippen LogP contribution in [-0.2, 0) is 13.2 Å². The van der Waals surface area contributed by atoms with E-state index in [2.05, 4.69) is 9.97 Å². The van der Waals surface area contributed by atoms with Crippen LogP contribution in [0.1, 0.15) is 5.56 Å². The first-order valence-electron chi connectivity index (χ1n) is 6.60. The Morgan fingerprint density at radius 3 is 2.77 bits per heavy atom. The number of fused-ring (bicyclic) bond motifs is 1. The predicted octanol–water partition coefficient (Wildman–Crippen LogP) is 3.35. The second-order valence-electron chi connectivity index (χ2n) is 4.77. The summed E-state index contributed by atoms with van der Waals surface area (Å²) in [6, 6.07) is 4.36. The molecule has 0 saturated carbocycles. The first-order chi connectivity index (χ1) is 10.6. The molecule has 114 valence electrons. The summed E-state index contributed by atoms with van der Waals surface area (Å²) >= 11 is 5.81. The normalized spacial score (nSPS) is 11.3. The second-order valence-corrected chi connectivity index (χ2v) is 5.18. The quantitative estimate of drug-likeness (QED) is 0.801. The van der Waals surface area contributed by atoms with Crippen LogP contribution in [0.3, 0.4) is 0 Å². The van der Waals surface area contributed by atoms with Crippen LogP contribution < -0.4 is 0 Å². The van der Waals surface area contributed by atoms with E-state index in [1.165, 1.54) is 18.3 Å². The molecule has 0 aliphatic heterocycles. The molecule has 0 bridgehead atoms. The molecule has 22 heavy (non-hydrogen) atoms. The largest absolute Gasteiger partial charge is 0.392 e. The summed E-state index contributed by atoms with van der Waals surface area (Å²) in [5, 5.41) is 9.16. The van der Waals surface area contributed by atoms with Gasteiger partial charge in [-0.05, 0) is 17.7 Å². The number of aliphatic hydroxyl groups excluding tert-OH is 1. The number of aryl methyl sites for hydroxylation is 1. The highest BCUT2D eigenvalue weighted by Gasteiger charge is 2.15. The van der Waals surface area contributed by atoms with E-state index in [1.807, 2.05) is 0 Å². The molecular weight excluding hydrogens is 312 g/mol. The number of nitrogens with zero attached hydrogens (tertiary/aromatic N) is 3. The average Bonchev–Trinajstić information content (AvgIpc) is 2.86. The number of halogens is 3. The summed E-state index contributed by atoms with van der Waals surface area (Å²) in [7, 11) is 0. The Morgan fingerprint density at radius 1 is 1.23 bits per heavy atom. The van der Waals surface area contributed by atoms with Crippen LogP contribution in [0.5, 0.6) is 0 Å². The number of aromatic nitrogens is 3. The Bertz CT molecular complexity index is 835. The maximum absolute atomic E-state index is 13.6. The molecule has 0 aliphatic carbocycles. The zero-order valence-electron chi connectivity index (χ0n) is 11.4. The predicted molar refractivity (Wildman–Crippen MR) is 79.8 cm³/mol. The third-order valence-corrected chi connectivity index (χ3v) is 3.62. The molecule has 3 rings (SSSR count). The van der Waals surface area contributed by atoms with Crippen LogP contribution in [0.4, 0.5) is 8.78 Å². The molecule has 1 N–H and O–H groups in total. The van der Waals surface area contributed by atoms with Crippen molar-refractivity contribution < 1.29 is 13.9 Å². The molecule has 0 amide bonds. The molecule has 0 fully saturated rings. The van der Waals surface area contributed by atoms with Crippen molar-refractivity contribution in [3.8, 4) is 11.4 Å². The molecule has 3 aromatic rings. The van der Waals surface area contributed by atoms with Crippen molar-refractivity contribution in [2.45, 2.75) is 13.2 Å². The maximum atomic E-state index is 13.6. The van der Waals surface area contributed by atoms with Gasteiger partial charge in [0.25, 0.3) is 0 Å². The van der Waals surface area contributed by atoms with Gasteiger partial charge in [-0.25, -0.2) is 13.8 Å². The first-order valence-corrected chi connectivity index (χ1v) is 6.98. The average molecular weight is 324 g/mol. The minimum Gasteiger partial charge on any atom is -0.392 e. The van der Waals surface area contributed by atoms with Gasteiger partial charge in [-0.2, -0.15) is 0 Å². The van der Waals surface area contributed by atoms with Gasteiger partial charge >= 0.3 is 0 Å². The second kappa shape index (κ2) is 5.98. The molecule has 0 unspecified atom stereocenters. The smallest absolute Gasteiger partial charge is 0.144 e. The lowest BCUT2D eigenvalue weighted by Gasteiger charge is -2.07. The number of pyridine rings is 1. The van der Waals surface area contributed by atoms with Gasteiger partial charge in [0.05, 0.1) is 29.2 Å². The Morgan fingerprint density at radius 2 is 2.05 bits per heavy atom. The van der Waals surface area contributed by atoms with Crippen LogP contribution in [0.2, 0.25) is 5.02 Å². The van der Waals surface area contributed by atoms with Crippen molar-refractivity contribution in [3.63, 3.8) is 0 Å². The van der Waals surface area contributed by atoms with Crippen LogP contribution in [0.25, 0.3) is 22.4 Å². The Balaban J connectivity index is 2.25. The van der Waals surface area contributed by atoms with Gasteiger partial charge in [0, 0.05) is 24.0 Å². The number of imidazole rings is 1. The minimum atomic E-state index is -0.597. The van der Waals surface area contributed by atoms with Gasteiger partial charge < -0.3 is 9.67 Å². The molecule has 2 aromatic heterocycles. The summed E-state index contributed by atoms with van der Waals surface area (Å²) in [5.74, 6) is -0.120. The minimum absolute atomic E-state index is 0.0405. The van der Waals surface area contributed by atoms with E-state index in [1.54, 1.807) is 16.8 Å². The van der Waals surface area contributed by atoms with Crippen LogP contribution >= 0.6 is 11.6 Å². The Labute approximate surface area is 130 Å². The standard InChI is InChI=1S/C15H12ClF2N3O/c16-11-4-14-13(5-12(11)18)20-15(21(14)2-1-17)10-3-9(8-22)6-19-7-10/h3-7,22H,1-2,8H2. The molecule has 4 nitrogen and oxygen atoms in total. The van der Waals surface area contributed by atoms with E-state index < -0.39 is 12.5 Å². The SMILES string of the molecule is OCc1cncc(-c2nc3cc(F)c(Cl)cc3n2CCF)c1. The number of hydrogen-bond acceptors (Lipinski definition) is 3. The topological polar surface area (TPSA) is 50.9 Å². The molecule has 0 atom stereocenters. The first kappa shape index (κ1) is 14.9. The van der Waals surface area contributed by atoms with Gasteiger partial charge in [0.2, 0.25) is 0 Å². The number of aliphatic hydroxyl groups is 1. The third-order valence-electron chi connectivity index (χ3n) is 3.33. The fraction of sp³-hybridized carbons (Fsp3) is 0.200. The fourth-order valence-electron chi connectivity index (χ4n) is 2.35. The number of alkyl halides is 1. The molecule has 0 aliphatic rings. The van der Waals surface area contributed by atoms with Crippen molar-refractivity contribution in [1.82, 2.24) is 14.5 Å². The zero-order valence-corrected chi connectivity index (χ0v) is 12.2. The van der Waals surface area contributed by atoms with Crippen molar-refractivity contribution in [2.75, 3.05) is 6.67 Å². The summed E-state index contributed by atoms with van der Waals surface area (Å²) in [5.41, 5.74) is 2.17. The van der Waals surface area contributed by atoms with E-state index in [-0.39, 0.29) is 18.2 Å². The lowest BCUT2D eigenvalue weighted by atomic mass is 10.2. The van der Waals surface area contributed by atoms with E-state index in [4.69, 9.17) is 11.6 Å². The highest BCUT2D eigenvalue weighted by atomic mass is 35.5. The van der Waals surface area contributed by atoms with Crippen molar-refractivity contribution in [2.24, 2.45) is 0 Å². The van der Waals surface area contributed by atoms with Crippen LogP contribution in [0.15, 0.2) is 30.6 Å². The molecule has 7 heteroatoms. The molecule has 0 radical (unpaired) electrons. The fourth-order valence-corrected chi connectivity index (χ4v) is 2.51. The van der Waals surface area contributed by atoms with E-state index in [9.17, 15) is 13.9 Å². The van der Waals surface area contributed by atoms with E-state index in [0.29, 0.717) is 28.0 Å². The third kappa shape index (κ3) is 2.55. The monoisotopic (exact) mass is 323 g/mol. The summed E-state index contributed by atoms with van der Waals surface area (Å²) in [4.78, 5) is 8.39. The molecule has 0 spiro atoms. The van der Waals surface area contributed by atoms with E-state index >= 15 is 0 Å². The summed E-state index contributed by atoms with van der Waals surface area (Å²) in [6.07, 6.45) is 3.09. The van der Waals surface area contributed by atoms with Crippen molar-refractivity contribution in [3.05, 3.63) is 47.0 Å². The van der Waals surface area contributed by atoms with Crippen molar-refractivity contribution in [1.29, 1.82) is 0 Å². The Hall–Kier alpha value is -2.05. The van der Waals surface area contributed by atoms with Gasteiger partial charge in [-0.15, -0.1) is 0 Å². The summed E-state index contributed by atoms with van der Waals surface area (Å²) < 4.78 is 28.1. The maximum Gasteiger partial charge on any atom is 0.144 e. The van der Waals surface area contributed by atoms with Gasteiger partial charge in [-0.3, -0.25) is 4.98 Å². The highest BCUT2D eigenvalue weighted by molar-refractivity contribution is 6.31. The molecule has 0 saturated heterocycles. The molecule has 1 aromatic carbocycles. The van der Waals surface area contributed by atoms with Crippen LogP contribution in [-0.4, -0.2) is 26.3 Å². The number of hydrogen-bond donors (Lipinski definition) is 1. The lowest BCUT2D eigenvalue weighted by Crippen LogP contribution is -2.03. The van der Waals surface area contributed by atoms with Crippen LogP contribution in [0, 0.1) is 5.82 Å².